The van der Waals surface area contributed by atoms with E-state index in [0.29, 0.717) is 6.61 Å². The Bertz CT molecular complexity index is 525. The first-order chi connectivity index (χ1) is 10.0. The maximum atomic E-state index is 12.4. The summed E-state index contributed by atoms with van der Waals surface area (Å²) in [5.41, 5.74) is 1.89. The summed E-state index contributed by atoms with van der Waals surface area (Å²) in [7, 11) is 1.63. The Morgan fingerprint density at radius 1 is 1.38 bits per heavy atom. The summed E-state index contributed by atoms with van der Waals surface area (Å²) < 4.78 is 5.08. The molecule has 1 atom stereocenters. The number of hydrogen-bond acceptors (Lipinski definition) is 3. The fourth-order valence-electron chi connectivity index (χ4n) is 2.47. The second kappa shape index (κ2) is 6.72. The zero-order valence-electron chi connectivity index (χ0n) is 12.4. The van der Waals surface area contributed by atoms with Crippen LogP contribution in [0.4, 0.5) is 0 Å². The van der Waals surface area contributed by atoms with Crippen molar-refractivity contribution in [3.05, 3.63) is 35.4 Å². The predicted octanol–water partition coefficient (Wildman–Crippen LogP) is 1.84. The first-order valence-electron chi connectivity index (χ1n) is 7.13. The SMILES string of the molecule is COCc1cccc(CC(=O)N(C2CC2)C(C)C(=O)O)c1. The smallest absolute Gasteiger partial charge is 0.326 e. The van der Waals surface area contributed by atoms with Crippen molar-refractivity contribution < 1.29 is 19.4 Å². The molecule has 0 bridgehead atoms. The summed E-state index contributed by atoms with van der Waals surface area (Å²) >= 11 is 0. The molecule has 1 aromatic carbocycles. The van der Waals surface area contributed by atoms with Crippen LogP contribution in [0.2, 0.25) is 0 Å². The summed E-state index contributed by atoms with van der Waals surface area (Å²) in [6.45, 7) is 2.07. The maximum Gasteiger partial charge on any atom is 0.326 e. The summed E-state index contributed by atoms with van der Waals surface area (Å²) in [6.07, 6.45) is 2.02. The van der Waals surface area contributed by atoms with Crippen LogP contribution in [0.25, 0.3) is 0 Å². The molecule has 2 rings (SSSR count). The molecule has 0 radical (unpaired) electrons. The Morgan fingerprint density at radius 2 is 2.05 bits per heavy atom. The van der Waals surface area contributed by atoms with Gasteiger partial charge in [-0.15, -0.1) is 0 Å². The molecule has 1 aliphatic carbocycles. The molecule has 0 aromatic heterocycles. The highest BCUT2D eigenvalue weighted by molar-refractivity contribution is 5.85. The van der Waals surface area contributed by atoms with Gasteiger partial charge >= 0.3 is 5.97 Å². The number of aliphatic carboxylic acids is 1. The van der Waals surface area contributed by atoms with E-state index in [4.69, 9.17) is 9.84 Å². The number of carbonyl (C=O) groups excluding carboxylic acids is 1. The first kappa shape index (κ1) is 15.5. The molecule has 0 heterocycles. The zero-order valence-corrected chi connectivity index (χ0v) is 12.4. The molecular formula is C16H21NO4. The Kier molecular flexibility index (Phi) is 4.96. The van der Waals surface area contributed by atoms with Crippen molar-refractivity contribution in [2.45, 2.75) is 44.9 Å². The Labute approximate surface area is 124 Å². The van der Waals surface area contributed by atoms with E-state index in [2.05, 4.69) is 0 Å². The molecule has 0 aliphatic heterocycles. The third-order valence-corrected chi connectivity index (χ3v) is 3.66. The van der Waals surface area contributed by atoms with Gasteiger partial charge in [0.25, 0.3) is 0 Å². The molecule has 1 saturated carbocycles. The van der Waals surface area contributed by atoms with Crippen molar-refractivity contribution in [3.63, 3.8) is 0 Å². The van der Waals surface area contributed by atoms with Crippen LogP contribution in [0, 0.1) is 0 Å². The van der Waals surface area contributed by atoms with Gasteiger partial charge in [0.05, 0.1) is 13.0 Å². The van der Waals surface area contributed by atoms with E-state index in [1.807, 2.05) is 24.3 Å². The molecule has 1 amide bonds. The minimum atomic E-state index is -0.955. The van der Waals surface area contributed by atoms with Crippen molar-refractivity contribution in [1.29, 1.82) is 0 Å². The van der Waals surface area contributed by atoms with Gasteiger partial charge in [-0.25, -0.2) is 4.79 Å². The largest absolute Gasteiger partial charge is 0.480 e. The standard InChI is InChI=1S/C16H21NO4/c1-11(16(19)20)17(14-6-7-14)15(18)9-12-4-3-5-13(8-12)10-21-2/h3-5,8,11,14H,6-7,9-10H2,1-2H3,(H,19,20). The topological polar surface area (TPSA) is 66.8 Å². The van der Waals surface area contributed by atoms with E-state index in [9.17, 15) is 9.59 Å². The fourth-order valence-corrected chi connectivity index (χ4v) is 2.47. The average molecular weight is 291 g/mol. The molecule has 0 saturated heterocycles. The minimum absolute atomic E-state index is 0.0887. The lowest BCUT2D eigenvalue weighted by molar-refractivity contribution is -0.149. The van der Waals surface area contributed by atoms with Crippen molar-refractivity contribution in [1.82, 2.24) is 4.90 Å². The zero-order chi connectivity index (χ0) is 15.4. The van der Waals surface area contributed by atoms with Gasteiger partial charge in [0.2, 0.25) is 5.91 Å². The van der Waals surface area contributed by atoms with Crippen LogP contribution in [0.3, 0.4) is 0 Å². The normalized spacial score (nSPS) is 15.5. The third kappa shape index (κ3) is 4.04. The fraction of sp³-hybridized carbons (Fsp3) is 0.500. The van der Waals surface area contributed by atoms with Crippen molar-refractivity contribution >= 4 is 11.9 Å². The van der Waals surface area contributed by atoms with Crippen LogP contribution < -0.4 is 0 Å². The number of carboxylic acids is 1. The predicted molar refractivity (Wildman–Crippen MR) is 77.8 cm³/mol. The Balaban J connectivity index is 2.08. The highest BCUT2D eigenvalue weighted by Gasteiger charge is 2.38. The number of hydrogen-bond donors (Lipinski definition) is 1. The van der Waals surface area contributed by atoms with Gasteiger partial charge < -0.3 is 14.7 Å². The van der Waals surface area contributed by atoms with Gasteiger partial charge in [-0.05, 0) is 30.9 Å². The number of ether oxygens (including phenoxy) is 1. The Hall–Kier alpha value is -1.88. The van der Waals surface area contributed by atoms with Gasteiger partial charge in [0, 0.05) is 13.2 Å². The number of nitrogens with zero attached hydrogens (tertiary/aromatic N) is 1. The van der Waals surface area contributed by atoms with Crippen molar-refractivity contribution in [3.8, 4) is 0 Å². The number of amides is 1. The van der Waals surface area contributed by atoms with E-state index in [-0.39, 0.29) is 18.4 Å². The lowest BCUT2D eigenvalue weighted by atomic mass is 10.1. The second-order valence-corrected chi connectivity index (χ2v) is 5.48. The van der Waals surface area contributed by atoms with E-state index in [1.165, 1.54) is 4.90 Å². The van der Waals surface area contributed by atoms with Crippen LogP contribution in [0.15, 0.2) is 24.3 Å². The molecule has 1 aromatic rings. The van der Waals surface area contributed by atoms with Gasteiger partial charge in [0.15, 0.2) is 0 Å². The molecule has 5 nitrogen and oxygen atoms in total. The minimum Gasteiger partial charge on any atom is -0.480 e. The highest BCUT2D eigenvalue weighted by atomic mass is 16.5. The maximum absolute atomic E-state index is 12.4. The monoisotopic (exact) mass is 291 g/mol. The van der Waals surface area contributed by atoms with E-state index >= 15 is 0 Å². The van der Waals surface area contributed by atoms with Crippen LogP contribution in [0.1, 0.15) is 30.9 Å². The summed E-state index contributed by atoms with van der Waals surface area (Å²) in [5, 5.41) is 9.15. The lowest BCUT2D eigenvalue weighted by Gasteiger charge is -2.26. The van der Waals surface area contributed by atoms with E-state index in [1.54, 1.807) is 14.0 Å². The van der Waals surface area contributed by atoms with E-state index in [0.717, 1.165) is 24.0 Å². The first-order valence-corrected chi connectivity index (χ1v) is 7.13. The summed E-state index contributed by atoms with van der Waals surface area (Å²) in [4.78, 5) is 25.1. The third-order valence-electron chi connectivity index (χ3n) is 3.66. The lowest BCUT2D eigenvalue weighted by Crippen LogP contribution is -2.45. The quantitative estimate of drug-likeness (QED) is 0.832. The van der Waals surface area contributed by atoms with Gasteiger partial charge in [0.1, 0.15) is 6.04 Å². The van der Waals surface area contributed by atoms with Crippen LogP contribution in [0.5, 0.6) is 0 Å². The number of benzene rings is 1. The molecule has 5 heteroatoms. The molecule has 21 heavy (non-hydrogen) atoms. The van der Waals surface area contributed by atoms with Gasteiger partial charge in [-0.2, -0.15) is 0 Å². The van der Waals surface area contributed by atoms with Crippen LogP contribution in [-0.2, 0) is 27.4 Å². The number of carbonyl (C=O) groups is 2. The number of methoxy groups -OCH3 is 1. The van der Waals surface area contributed by atoms with Crippen molar-refractivity contribution in [2.24, 2.45) is 0 Å². The summed E-state index contributed by atoms with van der Waals surface area (Å²) in [6, 6.07) is 6.96. The molecule has 1 N–H and O–H groups in total. The molecular weight excluding hydrogens is 270 g/mol. The van der Waals surface area contributed by atoms with Crippen LogP contribution >= 0.6 is 0 Å². The molecule has 114 valence electrons. The second-order valence-electron chi connectivity index (χ2n) is 5.48. The Morgan fingerprint density at radius 3 is 2.62 bits per heavy atom. The average Bonchev–Trinajstić information content (AvgIpc) is 3.24. The molecule has 1 aliphatic rings. The van der Waals surface area contributed by atoms with Crippen molar-refractivity contribution in [2.75, 3.05) is 7.11 Å². The molecule has 1 fully saturated rings. The molecule has 0 spiro atoms. The summed E-state index contributed by atoms with van der Waals surface area (Å²) in [5.74, 6) is -1.08. The van der Waals surface area contributed by atoms with Crippen LogP contribution in [-0.4, -0.2) is 41.1 Å². The highest BCUT2D eigenvalue weighted by Crippen LogP contribution is 2.29. The molecule has 1 unspecified atom stereocenters. The number of carboxylic acid groups (broad SMARTS) is 1. The van der Waals surface area contributed by atoms with Gasteiger partial charge in [-0.3, -0.25) is 4.79 Å². The van der Waals surface area contributed by atoms with Gasteiger partial charge in [-0.1, -0.05) is 24.3 Å². The number of rotatable bonds is 7. The van der Waals surface area contributed by atoms with E-state index < -0.39 is 12.0 Å².